The zero-order valence-corrected chi connectivity index (χ0v) is 12.4. The van der Waals surface area contributed by atoms with Gasteiger partial charge in [0, 0.05) is 18.9 Å². The Morgan fingerprint density at radius 1 is 1.30 bits per heavy atom. The molecule has 2 aliphatic rings. The maximum Gasteiger partial charge on any atom is 0.325 e. The highest BCUT2D eigenvalue weighted by molar-refractivity contribution is 6.07. The lowest BCUT2D eigenvalue weighted by molar-refractivity contribution is -0.133. The van der Waals surface area contributed by atoms with Crippen molar-refractivity contribution >= 4 is 11.9 Å². The van der Waals surface area contributed by atoms with Gasteiger partial charge in [0.1, 0.15) is 12.3 Å². The number of aryl methyl sites for hydroxylation is 1. The fourth-order valence-corrected chi connectivity index (χ4v) is 3.05. The number of rotatable bonds is 2. The van der Waals surface area contributed by atoms with Crippen LogP contribution in [0.3, 0.4) is 0 Å². The van der Waals surface area contributed by atoms with Crippen molar-refractivity contribution < 1.29 is 18.7 Å². The summed E-state index contributed by atoms with van der Waals surface area (Å²) >= 11 is 0. The Morgan fingerprint density at radius 2 is 2.13 bits per heavy atom. The number of carbonyl (C=O) groups is 2. The Hall–Kier alpha value is -2.90. The van der Waals surface area contributed by atoms with Crippen LogP contribution in [-0.4, -0.2) is 33.6 Å². The van der Waals surface area contributed by atoms with Gasteiger partial charge < -0.3 is 14.5 Å². The SMILES string of the molecule is Cc1nnc(CN2C(=O)NC3(CCOc4ccccc43)C2=O)o1. The van der Waals surface area contributed by atoms with Crippen molar-refractivity contribution in [3.8, 4) is 5.75 Å². The predicted octanol–water partition coefficient (Wildman–Crippen LogP) is 1.11. The van der Waals surface area contributed by atoms with Gasteiger partial charge in [0.25, 0.3) is 5.91 Å². The molecule has 0 bridgehead atoms. The number of aromatic nitrogens is 2. The van der Waals surface area contributed by atoms with Crippen molar-refractivity contribution in [1.29, 1.82) is 0 Å². The molecule has 0 radical (unpaired) electrons. The molecule has 1 N–H and O–H groups in total. The highest BCUT2D eigenvalue weighted by Crippen LogP contribution is 2.41. The summed E-state index contributed by atoms with van der Waals surface area (Å²) in [5.41, 5.74) is -0.408. The van der Waals surface area contributed by atoms with Crippen LogP contribution in [0.25, 0.3) is 0 Å². The van der Waals surface area contributed by atoms with Gasteiger partial charge in [-0.05, 0) is 6.07 Å². The third-order valence-corrected chi connectivity index (χ3v) is 4.12. The van der Waals surface area contributed by atoms with E-state index in [9.17, 15) is 9.59 Å². The van der Waals surface area contributed by atoms with Crippen LogP contribution in [0.2, 0.25) is 0 Å². The molecule has 2 aromatic rings. The van der Waals surface area contributed by atoms with Crippen molar-refractivity contribution in [2.24, 2.45) is 0 Å². The van der Waals surface area contributed by atoms with E-state index in [0.29, 0.717) is 30.2 Å². The zero-order valence-electron chi connectivity index (χ0n) is 12.4. The van der Waals surface area contributed by atoms with E-state index in [-0.39, 0.29) is 18.3 Å². The number of ether oxygens (including phenoxy) is 1. The number of para-hydroxylation sites is 1. The first-order chi connectivity index (χ1) is 11.1. The Labute approximate surface area is 131 Å². The molecule has 23 heavy (non-hydrogen) atoms. The third kappa shape index (κ3) is 1.98. The molecule has 1 aromatic carbocycles. The topological polar surface area (TPSA) is 97.6 Å². The molecular formula is C15H14N4O4. The number of imide groups is 1. The van der Waals surface area contributed by atoms with Crippen molar-refractivity contribution in [2.45, 2.75) is 25.4 Å². The second-order valence-corrected chi connectivity index (χ2v) is 5.54. The Balaban J connectivity index is 1.70. The second kappa shape index (κ2) is 4.80. The molecule has 0 saturated carbocycles. The number of hydrogen-bond acceptors (Lipinski definition) is 6. The van der Waals surface area contributed by atoms with Gasteiger partial charge in [-0.15, -0.1) is 10.2 Å². The van der Waals surface area contributed by atoms with Gasteiger partial charge in [0.05, 0.1) is 6.61 Å². The summed E-state index contributed by atoms with van der Waals surface area (Å²) in [5, 5.41) is 10.4. The molecule has 8 nitrogen and oxygen atoms in total. The second-order valence-electron chi connectivity index (χ2n) is 5.54. The standard InChI is InChI=1S/C15H14N4O4/c1-9-17-18-12(23-9)8-19-13(20)15(16-14(19)21)6-7-22-11-5-3-2-4-10(11)15/h2-5H,6-8H2,1H3,(H,16,21). The maximum atomic E-state index is 13.0. The van der Waals surface area contributed by atoms with Gasteiger partial charge in [0.2, 0.25) is 11.8 Å². The third-order valence-electron chi connectivity index (χ3n) is 4.12. The van der Waals surface area contributed by atoms with E-state index in [1.807, 2.05) is 12.1 Å². The average Bonchev–Trinajstić information content (AvgIpc) is 3.06. The summed E-state index contributed by atoms with van der Waals surface area (Å²) in [6.45, 7) is 1.96. The van der Waals surface area contributed by atoms with Crippen molar-refractivity contribution in [1.82, 2.24) is 20.4 Å². The van der Waals surface area contributed by atoms with Crippen LogP contribution in [0, 0.1) is 6.92 Å². The van der Waals surface area contributed by atoms with Gasteiger partial charge in [0.15, 0.2) is 5.54 Å². The summed E-state index contributed by atoms with van der Waals surface area (Å²) < 4.78 is 10.9. The monoisotopic (exact) mass is 314 g/mol. The predicted molar refractivity (Wildman–Crippen MR) is 76.3 cm³/mol. The highest BCUT2D eigenvalue weighted by atomic mass is 16.5. The molecule has 2 aliphatic heterocycles. The van der Waals surface area contributed by atoms with Gasteiger partial charge in [-0.25, -0.2) is 4.79 Å². The van der Waals surface area contributed by atoms with E-state index in [2.05, 4.69) is 15.5 Å². The smallest absolute Gasteiger partial charge is 0.325 e. The van der Waals surface area contributed by atoms with Crippen LogP contribution in [0.4, 0.5) is 4.79 Å². The number of nitrogens with one attached hydrogen (secondary N) is 1. The first-order valence-electron chi connectivity index (χ1n) is 7.25. The lowest BCUT2D eigenvalue weighted by atomic mass is 9.84. The molecule has 1 spiro atoms. The minimum atomic E-state index is -1.08. The molecule has 1 aromatic heterocycles. The molecule has 8 heteroatoms. The lowest BCUT2D eigenvalue weighted by Crippen LogP contribution is -2.47. The molecule has 0 aliphatic carbocycles. The van der Waals surface area contributed by atoms with Crippen LogP contribution in [-0.2, 0) is 16.9 Å². The number of benzene rings is 1. The molecule has 1 unspecified atom stereocenters. The molecule has 1 atom stereocenters. The van der Waals surface area contributed by atoms with E-state index < -0.39 is 11.6 Å². The summed E-state index contributed by atoms with van der Waals surface area (Å²) in [5.74, 6) is 0.901. The molecule has 118 valence electrons. The highest BCUT2D eigenvalue weighted by Gasteiger charge is 2.55. The molecule has 1 saturated heterocycles. The number of carbonyl (C=O) groups excluding carboxylic acids is 2. The summed E-state index contributed by atoms with van der Waals surface area (Å²) in [6.07, 6.45) is 0.383. The fourth-order valence-electron chi connectivity index (χ4n) is 3.05. The van der Waals surface area contributed by atoms with E-state index in [0.717, 1.165) is 4.90 Å². The first kappa shape index (κ1) is 13.7. The van der Waals surface area contributed by atoms with Crippen LogP contribution in [0.15, 0.2) is 28.7 Å². The quantitative estimate of drug-likeness (QED) is 0.834. The fraction of sp³-hybridized carbons (Fsp3) is 0.333. The number of hydrogen-bond donors (Lipinski definition) is 1. The average molecular weight is 314 g/mol. The molecule has 1 fully saturated rings. The molecular weight excluding hydrogens is 300 g/mol. The van der Waals surface area contributed by atoms with Crippen LogP contribution >= 0.6 is 0 Å². The number of nitrogens with zero attached hydrogens (tertiary/aromatic N) is 3. The van der Waals surface area contributed by atoms with Crippen LogP contribution < -0.4 is 10.1 Å². The van der Waals surface area contributed by atoms with Crippen molar-refractivity contribution in [2.75, 3.05) is 6.61 Å². The Morgan fingerprint density at radius 3 is 2.91 bits per heavy atom. The van der Waals surface area contributed by atoms with Crippen LogP contribution in [0.1, 0.15) is 23.8 Å². The van der Waals surface area contributed by atoms with Gasteiger partial charge >= 0.3 is 6.03 Å². The summed E-state index contributed by atoms with van der Waals surface area (Å²) in [7, 11) is 0. The number of fused-ring (bicyclic) bond motifs is 2. The minimum absolute atomic E-state index is 0.0454. The summed E-state index contributed by atoms with van der Waals surface area (Å²) in [4.78, 5) is 26.4. The minimum Gasteiger partial charge on any atom is -0.493 e. The van der Waals surface area contributed by atoms with Gasteiger partial charge in [-0.2, -0.15) is 0 Å². The summed E-state index contributed by atoms with van der Waals surface area (Å²) in [6, 6.07) is 6.77. The lowest BCUT2D eigenvalue weighted by Gasteiger charge is -2.33. The van der Waals surface area contributed by atoms with E-state index in [4.69, 9.17) is 9.15 Å². The number of urea groups is 1. The first-order valence-corrected chi connectivity index (χ1v) is 7.25. The normalized spacial score (nSPS) is 22.9. The maximum absolute atomic E-state index is 13.0. The largest absolute Gasteiger partial charge is 0.493 e. The zero-order chi connectivity index (χ0) is 16.0. The molecule has 4 rings (SSSR count). The Kier molecular flexibility index (Phi) is 2.87. The number of amides is 3. The molecule has 3 amide bonds. The van der Waals surface area contributed by atoms with Gasteiger partial charge in [-0.3, -0.25) is 9.69 Å². The van der Waals surface area contributed by atoms with Gasteiger partial charge in [-0.1, -0.05) is 18.2 Å². The van der Waals surface area contributed by atoms with E-state index in [1.165, 1.54) is 0 Å². The van der Waals surface area contributed by atoms with Crippen molar-refractivity contribution in [3.05, 3.63) is 41.6 Å². The molecule has 3 heterocycles. The Bertz CT molecular complexity index is 802. The van der Waals surface area contributed by atoms with E-state index in [1.54, 1.807) is 19.1 Å². The van der Waals surface area contributed by atoms with Crippen LogP contribution in [0.5, 0.6) is 5.75 Å². The van der Waals surface area contributed by atoms with E-state index >= 15 is 0 Å². The van der Waals surface area contributed by atoms with Crippen molar-refractivity contribution in [3.63, 3.8) is 0 Å².